The molecule has 0 heterocycles. The van der Waals surface area contributed by atoms with Crippen molar-refractivity contribution in [3.63, 3.8) is 0 Å². The third-order valence-electron chi connectivity index (χ3n) is 0.800. The molecule has 0 aromatic heterocycles. The van der Waals surface area contributed by atoms with E-state index in [0.29, 0.717) is 0 Å². The molecular formula is C4H12Sb2. The summed E-state index contributed by atoms with van der Waals surface area (Å²) < 4.78 is 0. The van der Waals surface area contributed by atoms with Gasteiger partial charge in [0.25, 0.3) is 0 Å². The van der Waals surface area contributed by atoms with Crippen LogP contribution in [0.3, 0.4) is 0 Å². The third kappa shape index (κ3) is 3.81. The molecule has 6 heavy (non-hydrogen) atoms. The minimum absolute atomic E-state index is 0.411. The van der Waals surface area contributed by atoms with E-state index in [2.05, 4.69) is 19.5 Å². The summed E-state index contributed by atoms with van der Waals surface area (Å²) in [5.74, 6) is 0. The summed E-state index contributed by atoms with van der Waals surface area (Å²) in [5, 5.41) is 0. The standard InChI is InChI=1S/4CH3.2Sb/h4*1H3;;. The van der Waals surface area contributed by atoms with Crippen LogP contribution in [0.1, 0.15) is 0 Å². The average molecular weight is 304 g/mol. The molecule has 0 nitrogen and oxygen atoms in total. The van der Waals surface area contributed by atoms with Crippen molar-refractivity contribution in [1.82, 2.24) is 0 Å². The number of rotatable bonds is 1. The van der Waals surface area contributed by atoms with E-state index in [0.717, 1.165) is 0 Å². The Hall–Kier alpha value is 1.64. The molecule has 0 aliphatic rings. The summed E-state index contributed by atoms with van der Waals surface area (Å²) in [5.41, 5.74) is 0. The van der Waals surface area contributed by atoms with E-state index >= 15 is 0 Å². The van der Waals surface area contributed by atoms with Crippen LogP contribution in [-0.4, -0.2) is 32.1 Å². The molecule has 0 aromatic carbocycles. The predicted molar refractivity (Wildman–Crippen MR) is 35.0 cm³/mol. The van der Waals surface area contributed by atoms with Crippen LogP contribution >= 0.6 is 0 Å². The topological polar surface area (TPSA) is 0 Å². The first-order valence-electron chi connectivity index (χ1n) is 1.99. The van der Waals surface area contributed by atoms with Crippen LogP contribution in [0.5, 0.6) is 0 Å². The van der Waals surface area contributed by atoms with Crippen molar-refractivity contribution in [2.24, 2.45) is 0 Å². The molecule has 0 aliphatic carbocycles. The van der Waals surface area contributed by atoms with Gasteiger partial charge in [-0.25, -0.2) is 0 Å². The van der Waals surface area contributed by atoms with E-state index in [1.54, 1.807) is 0 Å². The summed E-state index contributed by atoms with van der Waals surface area (Å²) in [4.78, 5) is 10.0. The Morgan fingerprint density at radius 2 is 0.833 bits per heavy atom. The van der Waals surface area contributed by atoms with Gasteiger partial charge >= 0.3 is 51.6 Å². The van der Waals surface area contributed by atoms with Gasteiger partial charge in [0, 0.05) is 0 Å². The Labute approximate surface area is 51.1 Å². The van der Waals surface area contributed by atoms with E-state index in [9.17, 15) is 0 Å². The van der Waals surface area contributed by atoms with Gasteiger partial charge in [-0.1, -0.05) is 0 Å². The summed E-state index contributed by atoms with van der Waals surface area (Å²) >= 11 is -0.822. The molecule has 0 atom stereocenters. The molecule has 0 aliphatic heterocycles. The Balaban J connectivity index is 2.99. The van der Waals surface area contributed by atoms with E-state index in [4.69, 9.17) is 0 Å². The normalized spacial score (nSPS) is 11.0. The van der Waals surface area contributed by atoms with Crippen LogP contribution in [0.4, 0.5) is 0 Å². The molecule has 0 bridgehead atoms. The first kappa shape index (κ1) is 7.64. The van der Waals surface area contributed by atoms with Crippen molar-refractivity contribution in [3.8, 4) is 0 Å². The van der Waals surface area contributed by atoms with Gasteiger partial charge in [0.2, 0.25) is 0 Å². The summed E-state index contributed by atoms with van der Waals surface area (Å²) in [6, 6.07) is 0. The first-order valence-corrected chi connectivity index (χ1v) is 21.0. The zero-order chi connectivity index (χ0) is 5.15. The van der Waals surface area contributed by atoms with Crippen molar-refractivity contribution >= 4 is 32.1 Å². The SMILES string of the molecule is [CH3][Sb]([CH3])[Sb]([CH3])[CH3]. The van der Waals surface area contributed by atoms with Crippen LogP contribution in [0.2, 0.25) is 19.5 Å². The molecule has 0 saturated carbocycles. The van der Waals surface area contributed by atoms with Gasteiger partial charge in [0.05, 0.1) is 0 Å². The molecule has 0 aromatic rings. The van der Waals surface area contributed by atoms with Gasteiger partial charge in [-0.05, 0) is 0 Å². The molecule has 0 N–H and O–H groups in total. The van der Waals surface area contributed by atoms with Gasteiger partial charge < -0.3 is 0 Å². The quantitative estimate of drug-likeness (QED) is 0.645. The van der Waals surface area contributed by atoms with Crippen LogP contribution in [0.25, 0.3) is 0 Å². The van der Waals surface area contributed by atoms with Gasteiger partial charge in [-0.3, -0.25) is 0 Å². The van der Waals surface area contributed by atoms with Gasteiger partial charge in [-0.2, -0.15) is 0 Å². The molecule has 0 rings (SSSR count). The molecule has 2 heteroatoms. The second kappa shape index (κ2) is 3.62. The fourth-order valence-corrected chi connectivity index (χ4v) is 0. The molecule has 38 valence electrons. The second-order valence-corrected chi connectivity index (χ2v) is 42.0. The van der Waals surface area contributed by atoms with E-state index < -0.39 is 32.1 Å². The van der Waals surface area contributed by atoms with Crippen molar-refractivity contribution in [2.45, 2.75) is 19.5 Å². The number of hydrogen-bond acceptors (Lipinski definition) is 0. The second-order valence-electron chi connectivity index (χ2n) is 1.69. The summed E-state index contributed by atoms with van der Waals surface area (Å²) in [6.45, 7) is 0. The monoisotopic (exact) mass is 302 g/mol. The van der Waals surface area contributed by atoms with Gasteiger partial charge in [0.1, 0.15) is 0 Å². The average Bonchev–Trinajstić information content (AvgIpc) is 1.36. The fourth-order valence-electron chi connectivity index (χ4n) is 0. The Kier molecular flexibility index (Phi) is 4.60. The van der Waals surface area contributed by atoms with Crippen LogP contribution in [0, 0.1) is 0 Å². The zero-order valence-electron chi connectivity index (χ0n) is 4.89. The summed E-state index contributed by atoms with van der Waals surface area (Å²) in [6.07, 6.45) is 0. The van der Waals surface area contributed by atoms with Gasteiger partial charge in [-0.15, -0.1) is 0 Å². The van der Waals surface area contributed by atoms with Crippen molar-refractivity contribution in [3.05, 3.63) is 0 Å². The van der Waals surface area contributed by atoms with Crippen molar-refractivity contribution < 1.29 is 0 Å². The molecule has 0 radical (unpaired) electrons. The first-order chi connectivity index (χ1) is 2.64. The molecule has 0 fully saturated rings. The van der Waals surface area contributed by atoms with Crippen LogP contribution in [-0.2, 0) is 0 Å². The minimum atomic E-state index is -0.411. The van der Waals surface area contributed by atoms with Crippen molar-refractivity contribution in [2.75, 3.05) is 0 Å². The molecule has 0 saturated heterocycles. The maximum absolute atomic E-state index is 2.51. The molecule has 0 spiro atoms. The molecule has 0 unspecified atom stereocenters. The van der Waals surface area contributed by atoms with Crippen LogP contribution in [0.15, 0.2) is 0 Å². The molecular weight excluding hydrogens is 292 g/mol. The Morgan fingerprint density at radius 3 is 0.833 bits per heavy atom. The Morgan fingerprint density at radius 1 is 0.667 bits per heavy atom. The van der Waals surface area contributed by atoms with Gasteiger partial charge in [0.15, 0.2) is 0 Å². The number of hydrogen-bond donors (Lipinski definition) is 0. The fraction of sp³-hybridized carbons (Fsp3) is 1.00. The molecule has 0 amide bonds. The van der Waals surface area contributed by atoms with Crippen LogP contribution < -0.4 is 0 Å². The van der Waals surface area contributed by atoms with E-state index in [-0.39, 0.29) is 0 Å². The predicted octanol–water partition coefficient (Wildman–Crippen LogP) is 1.57. The Bertz CT molecular complexity index is 26.5. The third-order valence-corrected chi connectivity index (χ3v) is 36.0. The summed E-state index contributed by atoms with van der Waals surface area (Å²) in [7, 11) is 0. The zero-order valence-corrected chi connectivity index (χ0v) is 10.0. The van der Waals surface area contributed by atoms with E-state index in [1.807, 2.05) is 0 Å². The maximum atomic E-state index is 2.51. The van der Waals surface area contributed by atoms with E-state index in [1.165, 1.54) is 0 Å². The van der Waals surface area contributed by atoms with Crippen molar-refractivity contribution in [1.29, 1.82) is 0 Å².